The average Bonchev–Trinajstić information content (AvgIpc) is 2.59. The van der Waals surface area contributed by atoms with Crippen LogP contribution in [-0.4, -0.2) is 18.1 Å². The lowest BCUT2D eigenvalue weighted by Crippen LogP contribution is -2.12. The molecule has 0 fully saturated rings. The molecule has 0 aliphatic carbocycles. The zero-order valence-electron chi connectivity index (χ0n) is 7.83. The number of nitrogens with one attached hydrogen (secondary N) is 1. The van der Waals surface area contributed by atoms with Gasteiger partial charge in [-0.3, -0.25) is 4.79 Å². The molecule has 4 nitrogen and oxygen atoms in total. The lowest BCUT2D eigenvalue weighted by atomic mass is 10.1. The third-order valence-corrected chi connectivity index (χ3v) is 2.34. The van der Waals surface area contributed by atoms with E-state index in [-0.39, 0.29) is 12.5 Å². The van der Waals surface area contributed by atoms with Crippen molar-refractivity contribution in [3.05, 3.63) is 28.8 Å². The highest BCUT2D eigenvalue weighted by Gasteiger charge is 2.22. The number of carbonyl (C=O) groups is 1. The fourth-order valence-corrected chi connectivity index (χ4v) is 1.62. The van der Waals surface area contributed by atoms with Gasteiger partial charge in [0.2, 0.25) is 0 Å². The summed E-state index contributed by atoms with van der Waals surface area (Å²) in [5.74, 6) is 0.554. The van der Waals surface area contributed by atoms with Crippen molar-refractivity contribution < 1.29 is 14.6 Å². The van der Waals surface area contributed by atoms with Crippen molar-refractivity contribution in [3.63, 3.8) is 0 Å². The minimum absolute atomic E-state index is 0.0864. The van der Waals surface area contributed by atoms with Crippen molar-refractivity contribution in [2.24, 2.45) is 0 Å². The normalized spacial score (nSPS) is 13.7. The van der Waals surface area contributed by atoms with Crippen LogP contribution in [0.4, 0.5) is 0 Å². The largest absolute Gasteiger partial charge is 0.496 e. The predicted octanol–water partition coefficient (Wildman–Crippen LogP) is 0.431. The number of aliphatic hydroxyl groups is 1. The van der Waals surface area contributed by atoms with Gasteiger partial charge < -0.3 is 15.2 Å². The number of methoxy groups -OCH3 is 1. The lowest BCUT2D eigenvalue weighted by Gasteiger charge is -2.07. The minimum atomic E-state index is -0.103. The van der Waals surface area contributed by atoms with E-state index in [1.165, 1.54) is 0 Å². The number of ether oxygens (including phenoxy) is 1. The molecule has 0 saturated carbocycles. The molecule has 4 heteroatoms. The summed E-state index contributed by atoms with van der Waals surface area (Å²) in [7, 11) is 1.56. The molecule has 1 aromatic rings. The van der Waals surface area contributed by atoms with Crippen LogP contribution in [0.3, 0.4) is 0 Å². The van der Waals surface area contributed by atoms with Crippen LogP contribution in [0.25, 0.3) is 0 Å². The van der Waals surface area contributed by atoms with E-state index in [4.69, 9.17) is 9.84 Å². The van der Waals surface area contributed by atoms with Crippen LogP contribution < -0.4 is 10.1 Å². The fourth-order valence-electron chi connectivity index (χ4n) is 1.62. The molecule has 1 aliphatic heterocycles. The van der Waals surface area contributed by atoms with Crippen molar-refractivity contribution in [1.82, 2.24) is 5.32 Å². The summed E-state index contributed by atoms with van der Waals surface area (Å²) < 4.78 is 5.14. The zero-order chi connectivity index (χ0) is 10.1. The Hall–Kier alpha value is -1.55. The van der Waals surface area contributed by atoms with Gasteiger partial charge >= 0.3 is 0 Å². The molecule has 2 N–H and O–H groups in total. The molecular weight excluding hydrogens is 182 g/mol. The van der Waals surface area contributed by atoms with E-state index in [0.717, 1.165) is 5.56 Å². The van der Waals surface area contributed by atoms with Crippen LogP contribution in [0.15, 0.2) is 12.1 Å². The standard InChI is InChI=1S/C10H11NO3/c1-14-9-3-6(5-12)2-7-8(9)4-11-10(7)13/h2-3,12H,4-5H2,1H3,(H,11,13). The number of aliphatic hydroxyl groups excluding tert-OH is 1. The van der Waals surface area contributed by atoms with Gasteiger partial charge in [0.15, 0.2) is 0 Å². The number of hydrogen-bond donors (Lipinski definition) is 2. The first-order valence-corrected chi connectivity index (χ1v) is 4.35. The van der Waals surface area contributed by atoms with Crippen LogP contribution in [0, 0.1) is 0 Å². The maximum atomic E-state index is 11.4. The average molecular weight is 193 g/mol. The van der Waals surface area contributed by atoms with Crippen LogP contribution in [0.1, 0.15) is 21.5 Å². The molecule has 1 amide bonds. The monoisotopic (exact) mass is 193 g/mol. The Morgan fingerprint density at radius 3 is 3.00 bits per heavy atom. The van der Waals surface area contributed by atoms with Crippen molar-refractivity contribution in [2.45, 2.75) is 13.2 Å². The molecule has 2 rings (SSSR count). The number of amides is 1. The van der Waals surface area contributed by atoms with E-state index in [0.29, 0.717) is 23.4 Å². The summed E-state index contributed by atoms with van der Waals surface area (Å²) in [6, 6.07) is 3.44. The molecule has 1 heterocycles. The fraction of sp³-hybridized carbons (Fsp3) is 0.300. The Morgan fingerprint density at radius 1 is 1.57 bits per heavy atom. The maximum absolute atomic E-state index is 11.4. The van der Waals surface area contributed by atoms with E-state index in [9.17, 15) is 4.79 Å². The van der Waals surface area contributed by atoms with Crippen molar-refractivity contribution >= 4 is 5.91 Å². The van der Waals surface area contributed by atoms with Crippen molar-refractivity contribution in [1.29, 1.82) is 0 Å². The van der Waals surface area contributed by atoms with Gasteiger partial charge in [-0.05, 0) is 17.7 Å². The number of hydrogen-bond acceptors (Lipinski definition) is 3. The quantitative estimate of drug-likeness (QED) is 0.716. The third-order valence-electron chi connectivity index (χ3n) is 2.34. The van der Waals surface area contributed by atoms with Crippen molar-refractivity contribution in [2.75, 3.05) is 7.11 Å². The van der Waals surface area contributed by atoms with Gasteiger partial charge in [0, 0.05) is 17.7 Å². The maximum Gasteiger partial charge on any atom is 0.252 e. The summed E-state index contributed by atoms with van der Waals surface area (Å²) in [6.07, 6.45) is 0. The van der Waals surface area contributed by atoms with E-state index in [1.54, 1.807) is 19.2 Å². The minimum Gasteiger partial charge on any atom is -0.496 e. The molecule has 0 spiro atoms. The molecule has 74 valence electrons. The van der Waals surface area contributed by atoms with Crippen LogP contribution >= 0.6 is 0 Å². The Bertz CT molecular complexity index is 387. The Balaban J connectivity index is 2.58. The predicted molar refractivity (Wildman–Crippen MR) is 50.1 cm³/mol. The molecule has 0 radical (unpaired) electrons. The molecule has 0 atom stereocenters. The SMILES string of the molecule is COc1cc(CO)cc2c1CNC2=O. The second kappa shape index (κ2) is 3.31. The highest BCUT2D eigenvalue weighted by Crippen LogP contribution is 2.28. The first-order chi connectivity index (χ1) is 6.76. The summed E-state index contributed by atoms with van der Waals surface area (Å²) >= 11 is 0. The zero-order valence-corrected chi connectivity index (χ0v) is 7.83. The highest BCUT2D eigenvalue weighted by molar-refractivity contribution is 5.99. The van der Waals surface area contributed by atoms with Gasteiger partial charge in [0.25, 0.3) is 5.91 Å². The van der Waals surface area contributed by atoms with E-state index >= 15 is 0 Å². The first kappa shape index (κ1) is 9.02. The number of benzene rings is 1. The second-order valence-electron chi connectivity index (χ2n) is 3.16. The number of rotatable bonds is 2. The topological polar surface area (TPSA) is 58.6 Å². The molecule has 0 bridgehead atoms. The second-order valence-corrected chi connectivity index (χ2v) is 3.16. The Labute approximate surface area is 81.5 Å². The first-order valence-electron chi connectivity index (χ1n) is 4.35. The number of carbonyl (C=O) groups excluding carboxylic acids is 1. The van der Waals surface area contributed by atoms with E-state index in [2.05, 4.69) is 5.32 Å². The lowest BCUT2D eigenvalue weighted by molar-refractivity contribution is 0.0965. The van der Waals surface area contributed by atoms with Crippen LogP contribution in [0.2, 0.25) is 0 Å². The van der Waals surface area contributed by atoms with Crippen LogP contribution in [0.5, 0.6) is 5.75 Å². The van der Waals surface area contributed by atoms with Crippen LogP contribution in [-0.2, 0) is 13.2 Å². The summed E-state index contributed by atoms with van der Waals surface area (Å²) in [4.78, 5) is 11.4. The van der Waals surface area contributed by atoms with Gasteiger partial charge in [0.05, 0.1) is 13.7 Å². The molecule has 14 heavy (non-hydrogen) atoms. The van der Waals surface area contributed by atoms with Gasteiger partial charge in [-0.2, -0.15) is 0 Å². The molecular formula is C10H11NO3. The molecule has 0 aromatic heterocycles. The number of fused-ring (bicyclic) bond motifs is 1. The third kappa shape index (κ3) is 1.24. The smallest absolute Gasteiger partial charge is 0.252 e. The summed E-state index contributed by atoms with van der Waals surface area (Å²) in [6.45, 7) is 0.417. The van der Waals surface area contributed by atoms with Crippen molar-refractivity contribution in [3.8, 4) is 5.75 Å². The highest BCUT2D eigenvalue weighted by atomic mass is 16.5. The summed E-state index contributed by atoms with van der Waals surface area (Å²) in [5, 5.41) is 11.7. The Morgan fingerprint density at radius 2 is 2.36 bits per heavy atom. The molecule has 0 saturated heterocycles. The summed E-state index contributed by atoms with van der Waals surface area (Å²) in [5.41, 5.74) is 2.17. The van der Waals surface area contributed by atoms with Gasteiger partial charge in [0.1, 0.15) is 5.75 Å². The van der Waals surface area contributed by atoms with E-state index in [1.807, 2.05) is 0 Å². The molecule has 1 aromatic carbocycles. The molecule has 0 unspecified atom stereocenters. The van der Waals surface area contributed by atoms with Gasteiger partial charge in [-0.15, -0.1) is 0 Å². The Kier molecular flexibility index (Phi) is 2.13. The van der Waals surface area contributed by atoms with Gasteiger partial charge in [-0.1, -0.05) is 0 Å². The van der Waals surface area contributed by atoms with E-state index < -0.39 is 0 Å². The molecule has 1 aliphatic rings. The van der Waals surface area contributed by atoms with Gasteiger partial charge in [-0.25, -0.2) is 0 Å².